The first-order chi connectivity index (χ1) is 10.6. The lowest BCUT2D eigenvalue weighted by Gasteiger charge is -2.19. The third-order valence-electron chi connectivity index (χ3n) is 4.40. The van der Waals surface area contributed by atoms with Gasteiger partial charge in [-0.2, -0.15) is 0 Å². The Morgan fingerprint density at radius 3 is 2.50 bits per heavy atom. The third-order valence-corrected chi connectivity index (χ3v) is 4.40. The lowest BCUT2D eigenvalue weighted by Crippen LogP contribution is -2.18. The van der Waals surface area contributed by atoms with Gasteiger partial charge in [-0.05, 0) is 24.7 Å². The van der Waals surface area contributed by atoms with Crippen LogP contribution in [0.2, 0.25) is 0 Å². The van der Waals surface area contributed by atoms with Gasteiger partial charge in [-0.25, -0.2) is 6.54 Å². The summed E-state index contributed by atoms with van der Waals surface area (Å²) in [6.07, 6.45) is 14.0. The number of carbonyl (C=O) groups is 1. The number of hydrogen-bond donors (Lipinski definition) is 2. The molecule has 1 saturated heterocycles. The van der Waals surface area contributed by atoms with E-state index in [1.54, 1.807) is 0 Å². The lowest BCUT2D eigenvalue weighted by atomic mass is 9.86. The molecule has 128 valence electrons. The quantitative estimate of drug-likeness (QED) is 0.566. The summed E-state index contributed by atoms with van der Waals surface area (Å²) in [6, 6.07) is 0. The minimum atomic E-state index is -0.665. The van der Waals surface area contributed by atoms with Crippen LogP contribution >= 0.6 is 0 Å². The van der Waals surface area contributed by atoms with Gasteiger partial charge in [0.05, 0.1) is 5.92 Å². The smallest absolute Gasteiger partial charge is 0.307 e. The molecule has 0 aromatic carbocycles. The van der Waals surface area contributed by atoms with Gasteiger partial charge in [0.25, 0.3) is 0 Å². The van der Waals surface area contributed by atoms with E-state index in [2.05, 4.69) is 22.5 Å². The number of carboxylic acid groups (broad SMARTS) is 1. The number of hydroxylamine groups is 1. The van der Waals surface area contributed by atoms with Crippen molar-refractivity contribution in [2.24, 2.45) is 17.8 Å². The minimum Gasteiger partial charge on any atom is -0.481 e. The fourth-order valence-electron chi connectivity index (χ4n) is 2.91. The van der Waals surface area contributed by atoms with Crippen molar-refractivity contribution >= 4 is 5.97 Å². The SMILES string of the molecule is CC(C)[C@H](CC=CCC1CCCCC1)C(=O)O.[CH-]1CCON1. The highest BCUT2D eigenvalue weighted by Gasteiger charge is 2.19. The first-order valence-electron chi connectivity index (χ1n) is 8.68. The molecule has 1 aliphatic carbocycles. The molecule has 2 rings (SSSR count). The standard InChI is InChI=1S/C15H26O2.C3H6NO/c1-12(2)14(15(16)17)11-7-6-10-13-8-4-3-5-9-13;1-2-4-5-3-1/h6-7,12-14H,3-5,8-11H2,1-2H3,(H,16,17);2,4H,1,3H2/q;-1/t14-;/m0./s1. The second-order valence-corrected chi connectivity index (χ2v) is 6.59. The molecule has 1 heterocycles. The van der Waals surface area contributed by atoms with Crippen LogP contribution in [0.5, 0.6) is 0 Å². The van der Waals surface area contributed by atoms with Gasteiger partial charge < -0.3 is 15.4 Å². The van der Waals surface area contributed by atoms with Gasteiger partial charge in [0, 0.05) is 6.61 Å². The van der Waals surface area contributed by atoms with E-state index >= 15 is 0 Å². The van der Waals surface area contributed by atoms with Gasteiger partial charge in [0.2, 0.25) is 0 Å². The Hall–Kier alpha value is -0.870. The second-order valence-electron chi connectivity index (χ2n) is 6.59. The van der Waals surface area contributed by atoms with E-state index in [0.29, 0.717) is 6.42 Å². The average molecular weight is 310 g/mol. The van der Waals surface area contributed by atoms with Crippen molar-refractivity contribution in [1.29, 1.82) is 0 Å². The maximum absolute atomic E-state index is 11.0. The van der Waals surface area contributed by atoms with Crippen molar-refractivity contribution in [1.82, 2.24) is 5.48 Å². The minimum absolute atomic E-state index is 0.215. The van der Waals surface area contributed by atoms with Gasteiger partial charge in [-0.3, -0.25) is 4.79 Å². The Morgan fingerprint density at radius 2 is 2.05 bits per heavy atom. The Balaban J connectivity index is 0.000000406. The van der Waals surface area contributed by atoms with Crippen molar-refractivity contribution in [2.45, 2.75) is 65.2 Å². The van der Waals surface area contributed by atoms with Gasteiger partial charge in [-0.15, -0.1) is 6.42 Å². The van der Waals surface area contributed by atoms with E-state index < -0.39 is 5.97 Å². The van der Waals surface area contributed by atoms with Crippen LogP contribution in [0.15, 0.2) is 12.2 Å². The number of aliphatic carboxylic acids is 1. The largest absolute Gasteiger partial charge is 0.481 e. The second kappa shape index (κ2) is 11.7. The van der Waals surface area contributed by atoms with Crippen molar-refractivity contribution in [3.8, 4) is 0 Å². The predicted molar refractivity (Wildman–Crippen MR) is 88.9 cm³/mol. The molecule has 0 unspecified atom stereocenters. The van der Waals surface area contributed by atoms with Gasteiger partial charge >= 0.3 is 5.97 Å². The maximum Gasteiger partial charge on any atom is 0.307 e. The number of rotatable bonds is 6. The molecule has 0 radical (unpaired) electrons. The van der Waals surface area contributed by atoms with E-state index in [-0.39, 0.29) is 11.8 Å². The highest BCUT2D eigenvalue weighted by molar-refractivity contribution is 5.70. The lowest BCUT2D eigenvalue weighted by molar-refractivity contribution is -0.143. The van der Waals surface area contributed by atoms with Crippen molar-refractivity contribution in [3.05, 3.63) is 18.7 Å². The molecule has 22 heavy (non-hydrogen) atoms. The van der Waals surface area contributed by atoms with E-state index in [1.165, 1.54) is 32.1 Å². The molecule has 2 aliphatic rings. The van der Waals surface area contributed by atoms with E-state index in [0.717, 1.165) is 25.4 Å². The van der Waals surface area contributed by atoms with E-state index in [4.69, 9.17) is 5.11 Å². The summed E-state index contributed by atoms with van der Waals surface area (Å²) < 4.78 is 0. The summed E-state index contributed by atoms with van der Waals surface area (Å²) in [5.41, 5.74) is 2.60. The van der Waals surface area contributed by atoms with Crippen LogP contribution in [0.4, 0.5) is 0 Å². The summed E-state index contributed by atoms with van der Waals surface area (Å²) in [7, 11) is 0. The molecular weight excluding hydrogens is 278 g/mol. The zero-order valence-corrected chi connectivity index (χ0v) is 14.1. The van der Waals surface area contributed by atoms with Gasteiger partial charge in [0.1, 0.15) is 0 Å². The first-order valence-corrected chi connectivity index (χ1v) is 8.68. The monoisotopic (exact) mass is 310 g/mol. The highest BCUT2D eigenvalue weighted by atomic mass is 16.6. The molecule has 0 aromatic heterocycles. The molecule has 2 fully saturated rings. The maximum atomic E-state index is 11.0. The van der Waals surface area contributed by atoms with Crippen molar-refractivity contribution in [2.75, 3.05) is 6.61 Å². The normalized spacial score (nSPS) is 20.9. The Morgan fingerprint density at radius 1 is 1.32 bits per heavy atom. The molecular formula is C18H32NO3-. The van der Waals surface area contributed by atoms with Crippen LogP contribution in [0, 0.1) is 24.3 Å². The topological polar surface area (TPSA) is 58.6 Å². The zero-order valence-electron chi connectivity index (χ0n) is 14.1. The number of nitrogens with one attached hydrogen (secondary N) is 1. The zero-order chi connectivity index (χ0) is 16.2. The molecule has 4 heteroatoms. The molecule has 1 aliphatic heterocycles. The molecule has 0 amide bonds. The fraction of sp³-hybridized carbons (Fsp3) is 0.778. The van der Waals surface area contributed by atoms with Crippen LogP contribution in [-0.4, -0.2) is 17.7 Å². The summed E-state index contributed by atoms with van der Waals surface area (Å²) in [4.78, 5) is 15.6. The van der Waals surface area contributed by atoms with Crippen molar-refractivity contribution in [3.63, 3.8) is 0 Å². The van der Waals surface area contributed by atoms with Crippen LogP contribution in [-0.2, 0) is 9.63 Å². The fourth-order valence-corrected chi connectivity index (χ4v) is 2.91. The highest BCUT2D eigenvalue weighted by Crippen LogP contribution is 2.26. The first kappa shape index (κ1) is 19.2. The molecule has 1 saturated carbocycles. The van der Waals surface area contributed by atoms with Crippen LogP contribution < -0.4 is 5.48 Å². The molecule has 0 aromatic rings. The Bertz CT molecular complexity index is 311. The summed E-state index contributed by atoms with van der Waals surface area (Å²) >= 11 is 0. The van der Waals surface area contributed by atoms with Crippen molar-refractivity contribution < 1.29 is 14.7 Å². The molecule has 2 N–H and O–H groups in total. The summed E-state index contributed by atoms with van der Waals surface area (Å²) in [5.74, 6) is 0.175. The van der Waals surface area contributed by atoms with Crippen LogP contribution in [0.3, 0.4) is 0 Å². The average Bonchev–Trinajstić information content (AvgIpc) is 3.07. The van der Waals surface area contributed by atoms with Crippen LogP contribution in [0.1, 0.15) is 65.2 Å². The van der Waals surface area contributed by atoms with Gasteiger partial charge in [0.15, 0.2) is 0 Å². The molecule has 1 atom stereocenters. The Kier molecular flexibility index (Phi) is 10.2. The number of allylic oxidation sites excluding steroid dienone is 2. The predicted octanol–water partition coefficient (Wildman–Crippen LogP) is 4.33. The number of hydrogen-bond acceptors (Lipinski definition) is 3. The molecule has 4 nitrogen and oxygen atoms in total. The number of carboxylic acids is 1. The van der Waals surface area contributed by atoms with Crippen LogP contribution in [0.25, 0.3) is 0 Å². The molecule has 0 spiro atoms. The Labute approximate surface area is 135 Å². The van der Waals surface area contributed by atoms with E-state index in [1.807, 2.05) is 20.4 Å². The third kappa shape index (κ3) is 8.54. The molecule has 0 bridgehead atoms. The van der Waals surface area contributed by atoms with E-state index in [9.17, 15) is 4.79 Å². The summed E-state index contributed by atoms with van der Waals surface area (Å²) in [6.45, 7) is 6.68. The van der Waals surface area contributed by atoms with Gasteiger partial charge in [-0.1, -0.05) is 58.1 Å². The summed E-state index contributed by atoms with van der Waals surface area (Å²) in [5, 5.41) is 9.06.